The Kier molecular flexibility index (Phi) is 10.6. The number of aliphatic hydroxyl groups is 1. The number of esters is 2. The zero-order valence-electron chi connectivity index (χ0n) is 28.2. The number of aliphatic hydroxyl groups excluding tert-OH is 1. The number of hydrogen-bond acceptors (Lipinski definition) is 13. The highest BCUT2D eigenvalue weighted by Gasteiger charge is 2.53. The number of nitrogens with zero attached hydrogens (tertiary/aromatic N) is 2. The smallest absolute Gasteiger partial charge is 0.412 e. The zero-order valence-corrected chi connectivity index (χ0v) is 28.2. The molecule has 2 aliphatic heterocycles. The number of carbonyl (C=O) groups excluding carboxylic acids is 3. The molecule has 5 aromatic rings. The molecule has 1 saturated heterocycles. The molecular formula is C38H37N3O11. The van der Waals surface area contributed by atoms with Crippen molar-refractivity contribution in [1.82, 2.24) is 9.97 Å². The van der Waals surface area contributed by atoms with Crippen molar-refractivity contribution in [3.63, 3.8) is 0 Å². The van der Waals surface area contributed by atoms with Gasteiger partial charge in [0.1, 0.15) is 17.1 Å². The molecule has 14 heteroatoms. The normalized spacial score (nSPS) is 25.4. The average molecular weight is 712 g/mol. The van der Waals surface area contributed by atoms with Crippen molar-refractivity contribution in [3.8, 4) is 0 Å². The minimum atomic E-state index is -1.46. The van der Waals surface area contributed by atoms with E-state index in [1.165, 1.54) is 7.11 Å². The highest BCUT2D eigenvalue weighted by molar-refractivity contribution is 5.84. The van der Waals surface area contributed by atoms with Crippen molar-refractivity contribution in [3.05, 3.63) is 103 Å². The van der Waals surface area contributed by atoms with Gasteiger partial charge in [-0.1, -0.05) is 54.6 Å². The van der Waals surface area contributed by atoms with Crippen molar-refractivity contribution in [2.75, 3.05) is 19.0 Å². The Morgan fingerprint density at radius 1 is 0.788 bits per heavy atom. The van der Waals surface area contributed by atoms with Crippen LogP contribution in [0.25, 0.3) is 22.2 Å². The molecular weight excluding hydrogens is 674 g/mol. The summed E-state index contributed by atoms with van der Waals surface area (Å²) in [5.74, 6) is -2.32. The minimum absolute atomic E-state index is 0.0784. The summed E-state index contributed by atoms with van der Waals surface area (Å²) in [4.78, 5) is 50.4. The maximum absolute atomic E-state index is 14.1. The molecule has 7 rings (SSSR count). The van der Waals surface area contributed by atoms with Crippen LogP contribution in [0.2, 0.25) is 0 Å². The lowest BCUT2D eigenvalue weighted by Gasteiger charge is -2.44. The van der Waals surface area contributed by atoms with Gasteiger partial charge in [0, 0.05) is 25.6 Å². The van der Waals surface area contributed by atoms with E-state index in [1.807, 2.05) is 36.4 Å². The summed E-state index contributed by atoms with van der Waals surface area (Å²) in [6, 6.07) is 23.1. The Bertz CT molecular complexity index is 1980. The van der Waals surface area contributed by atoms with E-state index in [9.17, 15) is 19.5 Å². The third kappa shape index (κ3) is 7.83. The highest BCUT2D eigenvalue weighted by Crippen LogP contribution is 2.33. The first-order valence-corrected chi connectivity index (χ1v) is 16.9. The number of allylic oxidation sites excluding steroid dienone is 2. The predicted molar refractivity (Wildman–Crippen MR) is 184 cm³/mol. The van der Waals surface area contributed by atoms with Gasteiger partial charge >= 0.3 is 18.0 Å². The fraction of sp³-hybridized carbons (Fsp3) is 0.342. The maximum Gasteiger partial charge on any atom is 0.412 e. The number of hydrogen-bond donors (Lipinski definition) is 2. The molecule has 3 aromatic carbocycles. The number of para-hydroxylation sites is 5. The minimum Gasteiger partial charge on any atom is -0.454 e. The van der Waals surface area contributed by atoms with Crippen LogP contribution in [-0.4, -0.2) is 77.5 Å². The van der Waals surface area contributed by atoms with Gasteiger partial charge in [-0.3, -0.25) is 14.9 Å². The number of oxazole rings is 2. The Morgan fingerprint density at radius 2 is 1.33 bits per heavy atom. The van der Waals surface area contributed by atoms with E-state index in [2.05, 4.69) is 15.3 Å². The van der Waals surface area contributed by atoms with Crippen LogP contribution in [0, 0.1) is 11.8 Å². The lowest BCUT2D eigenvalue weighted by molar-refractivity contribution is -0.300. The van der Waals surface area contributed by atoms with Gasteiger partial charge < -0.3 is 37.6 Å². The fourth-order valence-electron chi connectivity index (χ4n) is 6.35. The third-order valence-corrected chi connectivity index (χ3v) is 8.96. The van der Waals surface area contributed by atoms with Crippen molar-refractivity contribution in [2.24, 2.45) is 11.8 Å². The number of anilines is 1. The summed E-state index contributed by atoms with van der Waals surface area (Å²) < 4.78 is 41.4. The van der Waals surface area contributed by atoms with Crippen LogP contribution in [0.3, 0.4) is 0 Å². The van der Waals surface area contributed by atoms with Crippen LogP contribution in [0.4, 0.5) is 10.5 Å². The number of methoxy groups -OCH3 is 1. The summed E-state index contributed by atoms with van der Waals surface area (Å²) in [5, 5.41) is 13.0. The topological polar surface area (TPSA) is 182 Å². The molecule has 0 radical (unpaired) electrons. The average Bonchev–Trinajstić information content (AvgIpc) is 3.76. The first-order chi connectivity index (χ1) is 25.4. The Hall–Kier alpha value is -5.57. The number of carbonyl (C=O) groups is 3. The first-order valence-electron chi connectivity index (χ1n) is 16.9. The van der Waals surface area contributed by atoms with Gasteiger partial charge in [-0.25, -0.2) is 14.8 Å². The van der Waals surface area contributed by atoms with E-state index in [1.54, 1.807) is 54.6 Å². The molecule has 2 aliphatic rings. The molecule has 0 bridgehead atoms. The summed E-state index contributed by atoms with van der Waals surface area (Å²) in [6.07, 6.45) is -3.58. The molecule has 52 heavy (non-hydrogen) atoms. The van der Waals surface area contributed by atoms with Crippen LogP contribution >= 0.6 is 0 Å². The lowest BCUT2D eigenvalue weighted by atomic mass is 9.95. The van der Waals surface area contributed by atoms with E-state index < -0.39 is 67.2 Å². The molecule has 0 spiro atoms. The summed E-state index contributed by atoms with van der Waals surface area (Å²) in [6.45, 7) is -0.646. The molecule has 270 valence electrons. The molecule has 0 unspecified atom stereocenters. The highest BCUT2D eigenvalue weighted by atomic mass is 16.7. The molecule has 1 amide bonds. The molecule has 0 saturated carbocycles. The molecule has 1 fully saturated rings. The van der Waals surface area contributed by atoms with Gasteiger partial charge in [0.05, 0.1) is 18.4 Å². The van der Waals surface area contributed by atoms with Crippen molar-refractivity contribution in [2.45, 2.75) is 56.4 Å². The molecule has 14 nitrogen and oxygen atoms in total. The van der Waals surface area contributed by atoms with E-state index in [0.29, 0.717) is 39.7 Å². The van der Waals surface area contributed by atoms with Crippen molar-refractivity contribution in [1.29, 1.82) is 0 Å². The number of nitrogens with one attached hydrogen (secondary N) is 1. The monoisotopic (exact) mass is 711 g/mol. The first kappa shape index (κ1) is 34.9. The van der Waals surface area contributed by atoms with Gasteiger partial charge in [0.25, 0.3) is 0 Å². The largest absolute Gasteiger partial charge is 0.454 e. The second kappa shape index (κ2) is 15.8. The molecule has 2 N–H and O–H groups in total. The number of ether oxygens (including phenoxy) is 5. The Labute approximate surface area is 297 Å². The lowest BCUT2D eigenvalue weighted by Crippen LogP contribution is -2.63. The number of amides is 1. The Morgan fingerprint density at radius 3 is 1.87 bits per heavy atom. The van der Waals surface area contributed by atoms with Gasteiger partial charge in [-0.2, -0.15) is 0 Å². The second-order valence-corrected chi connectivity index (χ2v) is 12.5. The number of fused-ring (bicyclic) bond motifs is 3. The second-order valence-electron chi connectivity index (χ2n) is 12.5. The maximum atomic E-state index is 14.1. The van der Waals surface area contributed by atoms with Gasteiger partial charge in [0.2, 0.25) is 0 Å². The van der Waals surface area contributed by atoms with Crippen LogP contribution in [0.1, 0.15) is 24.6 Å². The number of rotatable bonds is 8. The molecule has 2 aromatic heterocycles. The summed E-state index contributed by atoms with van der Waals surface area (Å²) in [7, 11) is 1.32. The van der Waals surface area contributed by atoms with E-state index in [4.69, 9.17) is 32.5 Å². The van der Waals surface area contributed by atoms with Crippen LogP contribution in [-0.2, 0) is 46.1 Å². The van der Waals surface area contributed by atoms with Crippen molar-refractivity contribution >= 4 is 45.9 Å². The van der Waals surface area contributed by atoms with E-state index in [0.717, 1.165) is 0 Å². The number of benzene rings is 3. The summed E-state index contributed by atoms with van der Waals surface area (Å²) >= 11 is 0. The van der Waals surface area contributed by atoms with Gasteiger partial charge in [0.15, 0.2) is 47.5 Å². The summed E-state index contributed by atoms with van der Waals surface area (Å²) in [5.41, 5.74) is 2.87. The zero-order chi connectivity index (χ0) is 36.0. The number of aromatic nitrogens is 2. The van der Waals surface area contributed by atoms with Crippen LogP contribution in [0.15, 0.2) is 99.8 Å². The fourth-order valence-corrected chi connectivity index (χ4v) is 6.35. The molecule has 4 heterocycles. The van der Waals surface area contributed by atoms with Crippen molar-refractivity contribution < 1.29 is 52.0 Å². The Balaban J connectivity index is 1.22. The van der Waals surface area contributed by atoms with E-state index in [-0.39, 0.29) is 25.7 Å². The molecule has 0 aliphatic carbocycles. The van der Waals surface area contributed by atoms with Crippen LogP contribution in [0.5, 0.6) is 0 Å². The quantitative estimate of drug-likeness (QED) is 0.123. The van der Waals surface area contributed by atoms with E-state index >= 15 is 0 Å². The van der Waals surface area contributed by atoms with Gasteiger partial charge in [-0.05, 0) is 49.2 Å². The third-order valence-electron chi connectivity index (χ3n) is 8.96. The van der Waals surface area contributed by atoms with Crippen LogP contribution < -0.4 is 5.32 Å². The van der Waals surface area contributed by atoms with Gasteiger partial charge in [-0.15, -0.1) is 0 Å². The predicted octanol–water partition coefficient (Wildman–Crippen LogP) is 5.14. The standard InChI is InChI=1S/C38H37N3O11/c1-46-37-34-33(32(29(21-42)49-37)52-38(45)39-24-13-3-2-4-14-24)50-35(43)22(19-30-40-25-15-7-9-17-27(25)47-30)11-5-6-12-23(36(44)51-34)20-31-41-26-16-8-10-18-28(26)48-31/h2-10,13-18,22-23,29,32-34,37,42H,11-12,19-21H2,1H3,(H,39,45)/t22-,23-,29-,32+,33+,34-,37+/m1/s1. The SMILES string of the molecule is CO[C@H]1O[C@H](CO)[C@H](OC(=O)Nc2ccccc2)[C@@H]2OC(=O)[C@@H](Cc3nc4ccccc4o3)CC=CC[C@H](Cc3nc4ccccc4o3)C(=O)O[C@@H]12. The molecule has 7 atom stereocenters.